The summed E-state index contributed by atoms with van der Waals surface area (Å²) in [6.45, 7) is 3.52. The lowest BCUT2D eigenvalue weighted by molar-refractivity contribution is 0.0922. The number of nitrogens with zero attached hydrogens (tertiary/aromatic N) is 3. The van der Waals surface area contributed by atoms with Gasteiger partial charge in [0.15, 0.2) is 5.65 Å². The fraction of sp³-hybridized carbons (Fsp3) is 0.417. The summed E-state index contributed by atoms with van der Waals surface area (Å²) in [6, 6.07) is 1.49. The Morgan fingerprint density at radius 3 is 3.00 bits per heavy atom. The number of fused-ring (bicyclic) bond motifs is 1. The zero-order chi connectivity index (χ0) is 13.3. The van der Waals surface area contributed by atoms with Crippen LogP contribution >= 0.6 is 0 Å². The fourth-order valence-corrected chi connectivity index (χ4v) is 1.78. The Balaban J connectivity index is 2.35. The second-order valence-electron chi connectivity index (χ2n) is 4.36. The van der Waals surface area contributed by atoms with Gasteiger partial charge in [-0.3, -0.25) is 9.48 Å². The summed E-state index contributed by atoms with van der Waals surface area (Å²) in [4.78, 5) is 16.1. The summed E-state index contributed by atoms with van der Waals surface area (Å²) in [5, 5.41) is 16.7. The smallest absolute Gasteiger partial charge is 0.253 e. The molecule has 0 aromatic carbocycles. The molecule has 2 heterocycles. The van der Waals surface area contributed by atoms with Crippen LogP contribution in [0.3, 0.4) is 0 Å². The zero-order valence-electron chi connectivity index (χ0n) is 10.6. The van der Waals surface area contributed by atoms with Crippen molar-refractivity contribution in [3.8, 4) is 0 Å². The molecule has 2 aromatic heterocycles. The minimum atomic E-state index is -0.275. The van der Waals surface area contributed by atoms with Crippen LogP contribution in [-0.4, -0.2) is 38.4 Å². The highest BCUT2D eigenvalue weighted by molar-refractivity contribution is 5.97. The molecule has 2 N–H and O–H groups in total. The molecule has 0 saturated heterocycles. The van der Waals surface area contributed by atoms with Crippen LogP contribution in [0.4, 0.5) is 0 Å². The summed E-state index contributed by atoms with van der Waals surface area (Å²) in [5.41, 5.74) is 2.06. The zero-order valence-corrected chi connectivity index (χ0v) is 10.6. The van der Waals surface area contributed by atoms with Crippen molar-refractivity contribution in [3.63, 3.8) is 0 Å². The van der Waals surface area contributed by atoms with Crippen molar-refractivity contribution < 1.29 is 9.90 Å². The Morgan fingerprint density at radius 2 is 2.33 bits per heavy atom. The molecule has 2 aromatic rings. The minimum Gasteiger partial charge on any atom is -0.394 e. The van der Waals surface area contributed by atoms with Gasteiger partial charge in [0.05, 0.1) is 17.9 Å². The Morgan fingerprint density at radius 1 is 1.61 bits per heavy atom. The number of nitrogens with one attached hydrogen (secondary N) is 1. The molecule has 18 heavy (non-hydrogen) atoms. The number of aromatic nitrogens is 3. The number of rotatable bonds is 3. The normalized spacial score (nSPS) is 12.7. The molecule has 0 aliphatic heterocycles. The van der Waals surface area contributed by atoms with Gasteiger partial charge in [0.1, 0.15) is 0 Å². The predicted octanol–water partition coefficient (Wildman–Crippen LogP) is 0.387. The van der Waals surface area contributed by atoms with Crippen molar-refractivity contribution in [2.45, 2.75) is 19.9 Å². The van der Waals surface area contributed by atoms with Crippen LogP contribution in [0.25, 0.3) is 11.0 Å². The maximum absolute atomic E-state index is 11.9. The van der Waals surface area contributed by atoms with E-state index in [1.165, 1.54) is 6.20 Å². The number of amides is 1. The third kappa shape index (κ3) is 2.19. The van der Waals surface area contributed by atoms with Gasteiger partial charge in [-0.2, -0.15) is 5.10 Å². The van der Waals surface area contributed by atoms with E-state index in [1.807, 2.05) is 14.0 Å². The Labute approximate surface area is 105 Å². The first kappa shape index (κ1) is 12.5. The van der Waals surface area contributed by atoms with E-state index in [4.69, 9.17) is 5.11 Å². The van der Waals surface area contributed by atoms with Crippen molar-refractivity contribution in [2.24, 2.45) is 7.05 Å². The number of hydrogen-bond donors (Lipinski definition) is 2. The van der Waals surface area contributed by atoms with Gasteiger partial charge in [-0.05, 0) is 19.9 Å². The molecule has 0 fully saturated rings. The molecule has 1 amide bonds. The first-order chi connectivity index (χ1) is 8.52. The monoisotopic (exact) mass is 248 g/mol. The van der Waals surface area contributed by atoms with Crippen LogP contribution < -0.4 is 5.32 Å². The molecular weight excluding hydrogens is 232 g/mol. The quantitative estimate of drug-likeness (QED) is 0.823. The number of aliphatic hydroxyl groups excluding tert-OH is 1. The molecule has 6 heteroatoms. The third-order valence-electron chi connectivity index (χ3n) is 2.78. The lowest BCUT2D eigenvalue weighted by Gasteiger charge is -2.10. The van der Waals surface area contributed by atoms with E-state index in [0.717, 1.165) is 16.7 Å². The number of hydrogen-bond acceptors (Lipinski definition) is 4. The second kappa shape index (κ2) is 4.73. The van der Waals surface area contributed by atoms with E-state index in [1.54, 1.807) is 17.7 Å². The van der Waals surface area contributed by atoms with Crippen LogP contribution in [0.15, 0.2) is 12.3 Å². The molecule has 0 unspecified atom stereocenters. The second-order valence-corrected chi connectivity index (χ2v) is 4.36. The van der Waals surface area contributed by atoms with Crippen molar-refractivity contribution in [3.05, 3.63) is 23.5 Å². The van der Waals surface area contributed by atoms with Crippen LogP contribution in [0, 0.1) is 6.92 Å². The standard InChI is InChI=1S/C12H16N4O2/c1-7(6-17)14-12(18)9-4-10-8(2)15-16(3)11(10)13-5-9/h4-5,7,17H,6H2,1-3H3,(H,14,18)/t7-/m1/s1. The number of aliphatic hydroxyl groups is 1. The largest absolute Gasteiger partial charge is 0.394 e. The molecule has 96 valence electrons. The predicted molar refractivity (Wildman–Crippen MR) is 67.3 cm³/mol. The number of carbonyl (C=O) groups is 1. The number of carbonyl (C=O) groups excluding carboxylic acids is 1. The third-order valence-corrected chi connectivity index (χ3v) is 2.78. The Hall–Kier alpha value is -1.95. The maximum atomic E-state index is 11.9. The van der Waals surface area contributed by atoms with Crippen LogP contribution in [0.1, 0.15) is 23.0 Å². The molecular formula is C12H16N4O2. The first-order valence-electron chi connectivity index (χ1n) is 5.74. The van der Waals surface area contributed by atoms with Crippen molar-refractivity contribution in [2.75, 3.05) is 6.61 Å². The van der Waals surface area contributed by atoms with E-state index in [0.29, 0.717) is 5.56 Å². The highest BCUT2D eigenvalue weighted by Gasteiger charge is 2.13. The molecule has 0 saturated carbocycles. The van der Waals surface area contributed by atoms with Gasteiger partial charge in [0.25, 0.3) is 5.91 Å². The molecule has 6 nitrogen and oxygen atoms in total. The highest BCUT2D eigenvalue weighted by Crippen LogP contribution is 2.16. The summed E-state index contributed by atoms with van der Waals surface area (Å²) in [7, 11) is 1.82. The van der Waals surface area contributed by atoms with Gasteiger partial charge in [0, 0.05) is 24.7 Å². The summed E-state index contributed by atoms with van der Waals surface area (Å²) in [6.07, 6.45) is 1.52. The van der Waals surface area contributed by atoms with Gasteiger partial charge >= 0.3 is 0 Å². The summed E-state index contributed by atoms with van der Waals surface area (Å²) >= 11 is 0. The van der Waals surface area contributed by atoms with E-state index < -0.39 is 0 Å². The lowest BCUT2D eigenvalue weighted by Crippen LogP contribution is -2.35. The van der Waals surface area contributed by atoms with Gasteiger partial charge in [-0.15, -0.1) is 0 Å². The maximum Gasteiger partial charge on any atom is 0.253 e. The number of pyridine rings is 1. The van der Waals surface area contributed by atoms with Crippen LogP contribution in [0.2, 0.25) is 0 Å². The molecule has 0 aliphatic rings. The van der Waals surface area contributed by atoms with E-state index in [2.05, 4.69) is 15.4 Å². The number of aryl methyl sites for hydroxylation is 2. The minimum absolute atomic E-state index is 0.0899. The summed E-state index contributed by atoms with van der Waals surface area (Å²) < 4.78 is 1.68. The SMILES string of the molecule is Cc1nn(C)c2ncc(C(=O)N[C@H](C)CO)cc12. The molecule has 0 radical (unpaired) electrons. The molecule has 0 bridgehead atoms. The fourth-order valence-electron chi connectivity index (χ4n) is 1.78. The lowest BCUT2D eigenvalue weighted by atomic mass is 10.2. The van der Waals surface area contributed by atoms with Crippen molar-refractivity contribution >= 4 is 16.9 Å². The highest BCUT2D eigenvalue weighted by atomic mass is 16.3. The van der Waals surface area contributed by atoms with Crippen LogP contribution in [-0.2, 0) is 7.05 Å². The van der Waals surface area contributed by atoms with E-state index in [-0.39, 0.29) is 18.6 Å². The van der Waals surface area contributed by atoms with Gasteiger partial charge in [0.2, 0.25) is 0 Å². The topological polar surface area (TPSA) is 80.0 Å². The van der Waals surface area contributed by atoms with Crippen molar-refractivity contribution in [1.82, 2.24) is 20.1 Å². The molecule has 0 spiro atoms. The molecule has 2 rings (SSSR count). The average molecular weight is 248 g/mol. The van der Waals surface area contributed by atoms with Gasteiger partial charge in [-0.1, -0.05) is 0 Å². The molecule has 0 aliphatic carbocycles. The van der Waals surface area contributed by atoms with Gasteiger partial charge < -0.3 is 10.4 Å². The average Bonchev–Trinajstić information content (AvgIpc) is 2.64. The molecule has 1 atom stereocenters. The van der Waals surface area contributed by atoms with E-state index in [9.17, 15) is 4.79 Å². The van der Waals surface area contributed by atoms with Gasteiger partial charge in [-0.25, -0.2) is 4.98 Å². The summed E-state index contributed by atoms with van der Waals surface area (Å²) in [5.74, 6) is -0.241. The van der Waals surface area contributed by atoms with Crippen molar-refractivity contribution in [1.29, 1.82) is 0 Å². The first-order valence-corrected chi connectivity index (χ1v) is 5.74. The van der Waals surface area contributed by atoms with E-state index >= 15 is 0 Å². The van der Waals surface area contributed by atoms with Crippen LogP contribution in [0.5, 0.6) is 0 Å². The Kier molecular flexibility index (Phi) is 3.29. The Bertz CT molecular complexity index is 591.